The molecule has 4 rings (SSSR count). The molecular formula is C24H22Cl2N4O2. The van der Waals surface area contributed by atoms with Crippen molar-refractivity contribution in [3.8, 4) is 0 Å². The number of pyridine rings is 2. The Morgan fingerprint density at radius 3 is 1.53 bits per heavy atom. The van der Waals surface area contributed by atoms with Crippen molar-refractivity contribution in [2.75, 3.05) is 11.1 Å². The molecule has 4 aromatic rings. The van der Waals surface area contributed by atoms with E-state index in [1.54, 1.807) is 42.6 Å². The molecule has 0 aliphatic carbocycles. The van der Waals surface area contributed by atoms with Gasteiger partial charge in [-0.1, -0.05) is 48.5 Å². The Balaban J connectivity index is 0.000000258. The Morgan fingerprint density at radius 2 is 1.16 bits per heavy atom. The van der Waals surface area contributed by atoms with Crippen LogP contribution in [0.15, 0.2) is 109 Å². The molecule has 32 heavy (non-hydrogen) atoms. The second kappa shape index (κ2) is 15.1. The first-order chi connectivity index (χ1) is 15.1. The minimum absolute atomic E-state index is 0. The van der Waals surface area contributed by atoms with Crippen LogP contribution in [0.5, 0.6) is 0 Å². The van der Waals surface area contributed by atoms with E-state index in [-0.39, 0.29) is 18.3 Å². The number of nitrogens with zero attached hydrogens (tertiary/aromatic N) is 2. The Hall–Kier alpha value is -3.74. The first-order valence-corrected chi connectivity index (χ1v) is 9.63. The number of carbonyl (C=O) groups is 2. The van der Waals surface area contributed by atoms with E-state index in [1.807, 2.05) is 60.7 Å². The van der Waals surface area contributed by atoms with Gasteiger partial charge in [0, 0.05) is 23.8 Å². The summed E-state index contributed by atoms with van der Waals surface area (Å²) in [7, 11) is 0. The molecule has 2 heterocycles. The van der Waals surface area contributed by atoms with Gasteiger partial charge in [-0.3, -0.25) is 19.6 Å². The molecule has 0 aliphatic heterocycles. The molecule has 0 radical (unpaired) electrons. The van der Waals surface area contributed by atoms with Gasteiger partial charge in [0.1, 0.15) is 11.4 Å². The van der Waals surface area contributed by atoms with E-state index >= 15 is 0 Å². The summed E-state index contributed by atoms with van der Waals surface area (Å²) in [6.07, 6.45) is 3.12. The first kappa shape index (κ1) is 26.3. The number of nitrogen functional groups attached to an aromatic ring is 1. The van der Waals surface area contributed by atoms with E-state index < -0.39 is 5.24 Å². The lowest BCUT2D eigenvalue weighted by Crippen LogP contribution is -2.12. The Morgan fingerprint density at radius 1 is 0.688 bits per heavy atom. The Bertz CT molecular complexity index is 1050. The van der Waals surface area contributed by atoms with Crippen LogP contribution in [0.25, 0.3) is 0 Å². The van der Waals surface area contributed by atoms with Crippen LogP contribution >= 0.6 is 24.0 Å². The number of nitrogens with one attached hydrogen (secondary N) is 1. The minimum atomic E-state index is -0.518. The van der Waals surface area contributed by atoms with Gasteiger partial charge in [-0.15, -0.1) is 12.4 Å². The molecule has 0 aliphatic rings. The van der Waals surface area contributed by atoms with Gasteiger partial charge >= 0.3 is 0 Å². The third-order valence-corrected chi connectivity index (χ3v) is 3.79. The zero-order chi connectivity index (χ0) is 22.3. The average Bonchev–Trinajstić information content (AvgIpc) is 2.82. The summed E-state index contributed by atoms with van der Waals surface area (Å²) in [6.45, 7) is 0. The third kappa shape index (κ3) is 10.3. The van der Waals surface area contributed by atoms with Crippen LogP contribution in [0.4, 0.5) is 11.4 Å². The number of para-hydroxylation sites is 2. The third-order valence-electron chi connectivity index (χ3n) is 3.60. The fourth-order valence-electron chi connectivity index (χ4n) is 2.15. The second-order valence-corrected chi connectivity index (χ2v) is 6.28. The lowest BCUT2D eigenvalue weighted by atomic mass is 10.3. The molecular weight excluding hydrogens is 447 g/mol. The highest BCUT2D eigenvalue weighted by atomic mass is 35.5. The number of amides is 1. The van der Waals surface area contributed by atoms with Crippen LogP contribution in [0.2, 0.25) is 0 Å². The molecule has 3 N–H and O–H groups in total. The smallest absolute Gasteiger partial charge is 0.274 e. The van der Waals surface area contributed by atoms with Crippen LogP contribution in [0.3, 0.4) is 0 Å². The van der Waals surface area contributed by atoms with Crippen LogP contribution in [-0.2, 0) is 0 Å². The standard InChI is InChI=1S/C12H10N2O.C6H4ClNO.C6H7N.ClH/c15-12(11-8-4-5-9-13-11)14-10-6-2-1-3-7-10;7-6(9)5-3-1-2-4-8-5;7-6-4-2-1-3-5-6;/h1-9H,(H,14,15);1-4H;1-5H,7H2;1H. The van der Waals surface area contributed by atoms with Crippen LogP contribution in [0, 0.1) is 0 Å². The number of rotatable bonds is 3. The number of hydrogen-bond donors (Lipinski definition) is 2. The summed E-state index contributed by atoms with van der Waals surface area (Å²) in [5, 5.41) is 2.24. The predicted molar refractivity (Wildman–Crippen MR) is 131 cm³/mol. The molecule has 6 nitrogen and oxygen atoms in total. The maximum atomic E-state index is 11.6. The van der Waals surface area contributed by atoms with Crippen molar-refractivity contribution in [2.24, 2.45) is 0 Å². The minimum Gasteiger partial charge on any atom is -0.399 e. The SMILES string of the molecule is Cl.Nc1ccccc1.O=C(Cl)c1ccccn1.O=C(Nc1ccccc1)c1ccccn1. The monoisotopic (exact) mass is 468 g/mol. The molecule has 8 heteroatoms. The predicted octanol–water partition coefficient (Wildman–Crippen LogP) is 5.49. The highest BCUT2D eigenvalue weighted by Gasteiger charge is 2.05. The highest BCUT2D eigenvalue weighted by molar-refractivity contribution is 6.67. The molecule has 164 valence electrons. The van der Waals surface area contributed by atoms with E-state index in [2.05, 4.69) is 15.3 Å². The lowest BCUT2D eigenvalue weighted by Gasteiger charge is -2.03. The summed E-state index contributed by atoms with van der Waals surface area (Å²) < 4.78 is 0. The van der Waals surface area contributed by atoms with Crippen LogP contribution in [0.1, 0.15) is 21.0 Å². The summed E-state index contributed by atoms with van der Waals surface area (Å²) in [4.78, 5) is 29.6. The quantitative estimate of drug-likeness (QED) is 0.306. The largest absolute Gasteiger partial charge is 0.399 e. The zero-order valence-corrected chi connectivity index (χ0v) is 18.5. The van der Waals surface area contributed by atoms with Gasteiger partial charge in [-0.2, -0.15) is 0 Å². The van der Waals surface area contributed by atoms with E-state index in [4.69, 9.17) is 17.3 Å². The average molecular weight is 469 g/mol. The summed E-state index contributed by atoms with van der Waals surface area (Å²) in [5.41, 5.74) is 7.66. The van der Waals surface area contributed by atoms with Gasteiger partial charge in [0.15, 0.2) is 0 Å². The van der Waals surface area contributed by atoms with Gasteiger partial charge in [-0.05, 0) is 60.1 Å². The van der Waals surface area contributed by atoms with Gasteiger partial charge in [-0.25, -0.2) is 0 Å². The maximum absolute atomic E-state index is 11.6. The van der Waals surface area contributed by atoms with Gasteiger partial charge in [0.25, 0.3) is 11.1 Å². The summed E-state index contributed by atoms with van der Waals surface area (Å²) in [5.74, 6) is -0.193. The number of benzene rings is 2. The fourth-order valence-corrected chi connectivity index (χ4v) is 2.26. The van der Waals surface area contributed by atoms with Crippen molar-refractivity contribution in [3.05, 3.63) is 121 Å². The van der Waals surface area contributed by atoms with Crippen LogP contribution in [-0.4, -0.2) is 21.1 Å². The summed E-state index contributed by atoms with van der Waals surface area (Å²) >= 11 is 5.10. The van der Waals surface area contributed by atoms with E-state index in [0.29, 0.717) is 11.4 Å². The molecule has 0 bridgehead atoms. The molecule has 0 spiro atoms. The molecule has 2 aromatic heterocycles. The molecule has 0 saturated carbocycles. The van der Waals surface area contributed by atoms with Crippen molar-refractivity contribution in [2.45, 2.75) is 0 Å². The topological polar surface area (TPSA) is 98.0 Å². The molecule has 0 fully saturated rings. The second-order valence-electron chi connectivity index (χ2n) is 5.93. The normalized spacial score (nSPS) is 8.91. The van der Waals surface area contributed by atoms with E-state index in [9.17, 15) is 9.59 Å². The number of hydrogen-bond acceptors (Lipinski definition) is 5. The molecule has 0 saturated heterocycles. The number of anilines is 2. The Kier molecular flexibility index (Phi) is 12.4. The summed E-state index contributed by atoms with van der Waals surface area (Å²) in [6, 6.07) is 29.0. The van der Waals surface area contributed by atoms with E-state index in [1.165, 1.54) is 6.20 Å². The van der Waals surface area contributed by atoms with Crippen molar-refractivity contribution in [1.82, 2.24) is 9.97 Å². The number of nitrogens with two attached hydrogens (primary N) is 1. The molecule has 0 atom stereocenters. The lowest BCUT2D eigenvalue weighted by molar-refractivity contribution is 0.102. The first-order valence-electron chi connectivity index (χ1n) is 9.25. The van der Waals surface area contributed by atoms with Gasteiger partial charge < -0.3 is 11.1 Å². The van der Waals surface area contributed by atoms with E-state index in [0.717, 1.165) is 11.4 Å². The molecule has 0 unspecified atom stereocenters. The van der Waals surface area contributed by atoms with Crippen molar-refractivity contribution < 1.29 is 9.59 Å². The maximum Gasteiger partial charge on any atom is 0.274 e. The fraction of sp³-hybridized carbons (Fsp3) is 0. The van der Waals surface area contributed by atoms with Crippen molar-refractivity contribution in [3.63, 3.8) is 0 Å². The molecule has 2 aromatic carbocycles. The van der Waals surface area contributed by atoms with Crippen molar-refractivity contribution in [1.29, 1.82) is 0 Å². The number of carbonyl (C=O) groups excluding carboxylic acids is 2. The van der Waals surface area contributed by atoms with Crippen LogP contribution < -0.4 is 11.1 Å². The Labute approximate surface area is 197 Å². The van der Waals surface area contributed by atoms with Gasteiger partial charge in [0.05, 0.1) is 0 Å². The van der Waals surface area contributed by atoms with Crippen molar-refractivity contribution >= 4 is 46.5 Å². The van der Waals surface area contributed by atoms with Gasteiger partial charge in [0.2, 0.25) is 0 Å². The zero-order valence-electron chi connectivity index (χ0n) is 17.0. The highest BCUT2D eigenvalue weighted by Crippen LogP contribution is 2.06. The number of halogens is 2. The number of aromatic nitrogens is 2. The molecule has 1 amide bonds.